The number of benzene rings is 1. The van der Waals surface area contributed by atoms with E-state index >= 15 is 0 Å². The van der Waals surface area contributed by atoms with Gasteiger partial charge in [0.25, 0.3) is 0 Å². The van der Waals surface area contributed by atoms with Gasteiger partial charge >= 0.3 is 0 Å². The van der Waals surface area contributed by atoms with E-state index in [4.69, 9.17) is 11.6 Å². The molecule has 0 amide bonds. The Bertz CT molecular complexity index is 526. The van der Waals surface area contributed by atoms with E-state index in [0.29, 0.717) is 0 Å². The molecular weight excluding hydrogens is 262 g/mol. The van der Waals surface area contributed by atoms with E-state index in [-0.39, 0.29) is 0 Å². The summed E-state index contributed by atoms with van der Waals surface area (Å²) in [5.41, 5.74) is 2.83. The van der Waals surface area contributed by atoms with E-state index in [1.807, 2.05) is 29.5 Å². The lowest BCUT2D eigenvalue weighted by Crippen LogP contribution is -2.11. The van der Waals surface area contributed by atoms with Gasteiger partial charge in [-0.05, 0) is 48.6 Å². The van der Waals surface area contributed by atoms with Crippen LogP contribution in [0.2, 0.25) is 5.02 Å². The first-order valence-corrected chi connectivity index (χ1v) is 7.56. The Hall–Kier alpha value is -0.830. The van der Waals surface area contributed by atoms with Gasteiger partial charge in [0.05, 0.1) is 0 Å². The lowest BCUT2D eigenvalue weighted by Gasteiger charge is -2.03. The van der Waals surface area contributed by atoms with Crippen molar-refractivity contribution in [1.82, 2.24) is 5.32 Å². The molecule has 1 aromatic heterocycles. The maximum Gasteiger partial charge on any atom is 0.0409 e. The number of nitrogens with one attached hydrogen (secondary N) is 1. The van der Waals surface area contributed by atoms with E-state index in [0.717, 1.165) is 18.1 Å². The van der Waals surface area contributed by atoms with Gasteiger partial charge in [-0.1, -0.05) is 23.7 Å². The predicted molar refractivity (Wildman–Crippen MR) is 78.3 cm³/mol. The average molecular weight is 278 g/mol. The summed E-state index contributed by atoms with van der Waals surface area (Å²) in [6.45, 7) is 1.84. The van der Waals surface area contributed by atoms with Gasteiger partial charge in [-0.3, -0.25) is 0 Å². The largest absolute Gasteiger partial charge is 0.308 e. The Morgan fingerprint density at radius 2 is 2.11 bits per heavy atom. The second-order valence-corrected chi connectivity index (χ2v) is 6.41. The molecule has 0 fully saturated rings. The first-order chi connectivity index (χ1) is 8.81. The zero-order valence-electron chi connectivity index (χ0n) is 10.2. The third kappa shape index (κ3) is 2.77. The van der Waals surface area contributed by atoms with E-state index in [1.54, 1.807) is 10.4 Å². The van der Waals surface area contributed by atoms with Crippen LogP contribution in [0.5, 0.6) is 0 Å². The fourth-order valence-corrected chi connectivity index (χ4v) is 3.90. The molecule has 1 aliphatic carbocycles. The monoisotopic (exact) mass is 277 g/mol. The first-order valence-electron chi connectivity index (χ1n) is 6.37. The molecule has 0 bridgehead atoms. The Morgan fingerprint density at radius 1 is 1.17 bits per heavy atom. The van der Waals surface area contributed by atoms with Gasteiger partial charge in [0.2, 0.25) is 0 Å². The van der Waals surface area contributed by atoms with Crippen molar-refractivity contribution in [3.8, 4) is 0 Å². The molecule has 1 aromatic carbocycles. The molecule has 18 heavy (non-hydrogen) atoms. The Kier molecular flexibility index (Phi) is 3.69. The molecule has 94 valence electrons. The molecule has 1 nitrogen and oxygen atoms in total. The molecule has 1 N–H and O–H groups in total. The van der Waals surface area contributed by atoms with Crippen LogP contribution in [0, 0.1) is 0 Å². The van der Waals surface area contributed by atoms with Gasteiger partial charge in [0.1, 0.15) is 0 Å². The van der Waals surface area contributed by atoms with E-state index in [1.165, 1.54) is 29.7 Å². The number of rotatable bonds is 4. The lowest BCUT2D eigenvalue weighted by molar-refractivity contribution is 0.700. The highest BCUT2D eigenvalue weighted by Crippen LogP contribution is 2.30. The maximum atomic E-state index is 5.97. The lowest BCUT2D eigenvalue weighted by atomic mass is 10.2. The van der Waals surface area contributed by atoms with Gasteiger partial charge < -0.3 is 5.32 Å². The number of aryl methyl sites for hydroxylation is 2. The van der Waals surface area contributed by atoms with E-state index < -0.39 is 0 Å². The number of thiophene rings is 1. The topological polar surface area (TPSA) is 12.0 Å². The number of fused-ring (bicyclic) bond motifs is 1. The van der Waals surface area contributed by atoms with E-state index in [9.17, 15) is 0 Å². The molecule has 0 radical (unpaired) electrons. The number of halogens is 1. The van der Waals surface area contributed by atoms with Gasteiger partial charge in [0.15, 0.2) is 0 Å². The second kappa shape index (κ2) is 5.43. The van der Waals surface area contributed by atoms with Crippen molar-refractivity contribution < 1.29 is 0 Å². The van der Waals surface area contributed by atoms with Crippen LogP contribution in [0.15, 0.2) is 30.3 Å². The van der Waals surface area contributed by atoms with Crippen LogP contribution in [-0.4, -0.2) is 0 Å². The van der Waals surface area contributed by atoms with Crippen molar-refractivity contribution in [2.24, 2.45) is 0 Å². The van der Waals surface area contributed by atoms with Crippen molar-refractivity contribution >= 4 is 22.9 Å². The van der Waals surface area contributed by atoms with Crippen molar-refractivity contribution in [1.29, 1.82) is 0 Å². The van der Waals surface area contributed by atoms with Crippen LogP contribution >= 0.6 is 22.9 Å². The summed E-state index contributed by atoms with van der Waals surface area (Å²) in [5.74, 6) is 0. The zero-order valence-corrected chi connectivity index (χ0v) is 11.8. The summed E-state index contributed by atoms with van der Waals surface area (Å²) in [6, 6.07) is 10.4. The molecule has 1 heterocycles. The number of hydrogen-bond donors (Lipinski definition) is 1. The van der Waals surface area contributed by atoms with Crippen molar-refractivity contribution in [2.75, 3.05) is 0 Å². The summed E-state index contributed by atoms with van der Waals surface area (Å²) in [7, 11) is 0. The van der Waals surface area contributed by atoms with E-state index in [2.05, 4.69) is 17.4 Å². The second-order valence-electron chi connectivity index (χ2n) is 4.75. The van der Waals surface area contributed by atoms with Crippen LogP contribution in [0.4, 0.5) is 0 Å². The predicted octanol–water partition coefficient (Wildman–Crippen LogP) is 4.18. The zero-order chi connectivity index (χ0) is 12.4. The van der Waals surface area contributed by atoms with Crippen LogP contribution in [0.1, 0.15) is 27.3 Å². The molecule has 0 saturated carbocycles. The van der Waals surface area contributed by atoms with Crippen LogP contribution in [0.25, 0.3) is 0 Å². The van der Waals surface area contributed by atoms with Crippen LogP contribution in [-0.2, 0) is 25.9 Å². The minimum atomic E-state index is 0.810. The molecule has 3 heteroatoms. The quantitative estimate of drug-likeness (QED) is 0.884. The van der Waals surface area contributed by atoms with Crippen LogP contribution in [0.3, 0.4) is 0 Å². The highest BCUT2D eigenvalue weighted by molar-refractivity contribution is 7.12. The van der Waals surface area contributed by atoms with Crippen molar-refractivity contribution in [3.05, 3.63) is 56.2 Å². The molecular formula is C15H16ClNS. The van der Waals surface area contributed by atoms with Crippen molar-refractivity contribution in [3.63, 3.8) is 0 Å². The summed E-state index contributed by atoms with van der Waals surface area (Å²) >= 11 is 7.94. The maximum absolute atomic E-state index is 5.97. The Labute approximate surface area is 117 Å². The van der Waals surface area contributed by atoms with Crippen molar-refractivity contribution in [2.45, 2.75) is 32.4 Å². The molecule has 1 aliphatic rings. The first kappa shape index (κ1) is 12.2. The van der Waals surface area contributed by atoms with Gasteiger partial charge in [-0.25, -0.2) is 0 Å². The molecule has 0 aliphatic heterocycles. The summed E-state index contributed by atoms with van der Waals surface area (Å²) < 4.78 is 0. The number of hydrogen-bond acceptors (Lipinski definition) is 2. The fourth-order valence-electron chi connectivity index (χ4n) is 2.45. The Morgan fingerprint density at radius 3 is 2.94 bits per heavy atom. The normalized spacial score (nSPS) is 13.8. The van der Waals surface area contributed by atoms with Gasteiger partial charge in [-0.15, -0.1) is 11.3 Å². The summed E-state index contributed by atoms with van der Waals surface area (Å²) in [5, 5.41) is 4.30. The highest BCUT2D eigenvalue weighted by atomic mass is 35.5. The average Bonchev–Trinajstić information content (AvgIpc) is 2.89. The highest BCUT2D eigenvalue weighted by Gasteiger charge is 2.14. The van der Waals surface area contributed by atoms with Gasteiger partial charge in [0, 0.05) is 27.9 Å². The molecule has 0 spiro atoms. The summed E-state index contributed by atoms with van der Waals surface area (Å²) in [6.07, 6.45) is 3.91. The Balaban J connectivity index is 1.55. The third-order valence-electron chi connectivity index (χ3n) is 3.32. The van der Waals surface area contributed by atoms with Gasteiger partial charge in [-0.2, -0.15) is 0 Å². The molecule has 2 aromatic rings. The smallest absolute Gasteiger partial charge is 0.0409 e. The molecule has 0 saturated heterocycles. The SMILES string of the molecule is Clc1cccc(CNCc2cc3c(s2)CCC3)c1. The summed E-state index contributed by atoms with van der Waals surface area (Å²) in [4.78, 5) is 3.07. The third-order valence-corrected chi connectivity index (χ3v) is 4.79. The molecule has 0 unspecified atom stereocenters. The molecule has 0 atom stereocenters. The van der Waals surface area contributed by atoms with Crippen LogP contribution < -0.4 is 5.32 Å². The molecule has 3 rings (SSSR count). The standard InChI is InChI=1S/C15H16ClNS/c16-13-5-1-3-11(7-13)9-17-10-14-8-12-4-2-6-15(12)18-14/h1,3,5,7-8,17H,2,4,6,9-10H2. The minimum absolute atomic E-state index is 0.810. The minimum Gasteiger partial charge on any atom is -0.308 e. The fraction of sp³-hybridized carbons (Fsp3) is 0.333.